The molecule has 0 bridgehead atoms. The first-order valence-corrected chi connectivity index (χ1v) is 25.4. The van der Waals surface area contributed by atoms with Gasteiger partial charge >= 0.3 is 13.8 Å². The lowest BCUT2D eigenvalue weighted by Gasteiger charge is -2.19. The fraction of sp³-hybridized carbons (Fsp3) is 0.894. The van der Waals surface area contributed by atoms with E-state index in [1.165, 1.54) is 186 Å². The predicted octanol–water partition coefficient (Wildman–Crippen LogP) is 14.8. The van der Waals surface area contributed by atoms with Crippen molar-refractivity contribution in [1.82, 2.24) is 0 Å². The Morgan fingerprint density at radius 2 is 0.911 bits per heavy atom. The molecule has 0 saturated carbocycles. The third-order valence-corrected chi connectivity index (χ3v) is 11.4. The number of carbonyl (C=O) groups is 1. The zero-order valence-corrected chi connectivity index (χ0v) is 37.8. The second-order valence-corrected chi connectivity index (χ2v) is 17.5. The van der Waals surface area contributed by atoms with Crippen LogP contribution in [-0.2, 0) is 27.9 Å². The Balaban J connectivity index is 3.98. The Morgan fingerprint density at radius 3 is 1.34 bits per heavy atom. The molecule has 0 aliphatic carbocycles. The Labute approximate surface area is 346 Å². The smallest absolute Gasteiger partial charge is 0.472 e. The van der Waals surface area contributed by atoms with Gasteiger partial charge in [-0.15, -0.1) is 0 Å². The van der Waals surface area contributed by atoms with E-state index >= 15 is 0 Å². The minimum absolute atomic E-state index is 0.0334. The Morgan fingerprint density at radius 1 is 0.536 bits per heavy atom. The zero-order chi connectivity index (χ0) is 40.9. The molecule has 0 aliphatic heterocycles. The molecule has 3 N–H and O–H groups in total. The fourth-order valence-electron chi connectivity index (χ4n) is 6.90. The molecule has 0 spiro atoms. The molecule has 0 radical (unpaired) electrons. The highest BCUT2D eigenvalue weighted by Gasteiger charge is 2.25. The summed E-state index contributed by atoms with van der Waals surface area (Å²) >= 11 is 0. The summed E-state index contributed by atoms with van der Waals surface area (Å²) in [6.07, 6.45) is 51.5. The lowest BCUT2D eigenvalue weighted by atomic mass is 10.0. The average Bonchev–Trinajstić information content (AvgIpc) is 3.19. The van der Waals surface area contributed by atoms with Gasteiger partial charge < -0.3 is 20.1 Å². The van der Waals surface area contributed by atoms with Crippen LogP contribution in [0.5, 0.6) is 0 Å². The molecule has 1 unspecified atom stereocenters. The van der Waals surface area contributed by atoms with Gasteiger partial charge in [0.2, 0.25) is 0 Å². The topological polar surface area (TPSA) is 117 Å². The van der Waals surface area contributed by atoms with Crippen molar-refractivity contribution in [2.24, 2.45) is 5.73 Å². The zero-order valence-electron chi connectivity index (χ0n) is 36.9. The molecule has 0 aromatic heterocycles. The number of phosphoric ester groups is 1. The third-order valence-electron chi connectivity index (χ3n) is 10.4. The standard InChI is InChI=1S/C47H92NO7P/c1-3-5-7-9-11-13-15-17-19-21-22-23-24-25-26-28-30-32-34-36-38-40-47(49)55-46(45-54-56(50,51)53-43-41-48)44-52-42-39-37-35-33-31-29-27-20-18-16-14-12-10-8-6-4-2/h14,16,39,42,46H,3-13,15,17-38,40-41,43-45,48H2,1-2H3,(H,50,51)/b16-14-,42-39-/t46-/m1/s1. The van der Waals surface area contributed by atoms with Crippen molar-refractivity contribution in [3.63, 3.8) is 0 Å². The van der Waals surface area contributed by atoms with E-state index in [1.54, 1.807) is 6.26 Å². The van der Waals surface area contributed by atoms with Crippen molar-refractivity contribution < 1.29 is 32.8 Å². The second-order valence-electron chi connectivity index (χ2n) is 16.0. The van der Waals surface area contributed by atoms with Crippen LogP contribution >= 0.6 is 7.82 Å². The van der Waals surface area contributed by atoms with Gasteiger partial charge in [-0.05, 0) is 51.0 Å². The van der Waals surface area contributed by atoms with Crippen molar-refractivity contribution in [2.45, 2.75) is 245 Å². The first kappa shape index (κ1) is 54.8. The van der Waals surface area contributed by atoms with Crippen molar-refractivity contribution >= 4 is 13.8 Å². The molecule has 2 atom stereocenters. The molecular weight excluding hydrogens is 721 g/mol. The summed E-state index contributed by atoms with van der Waals surface area (Å²) in [6, 6.07) is 0. The first-order valence-electron chi connectivity index (χ1n) is 23.9. The summed E-state index contributed by atoms with van der Waals surface area (Å²) in [5.41, 5.74) is 5.37. The third kappa shape index (κ3) is 43.9. The number of carbonyl (C=O) groups excluding carboxylic acids is 1. The normalized spacial score (nSPS) is 13.5. The number of phosphoric acid groups is 1. The molecule has 0 aromatic rings. The number of hydrogen-bond donors (Lipinski definition) is 2. The van der Waals surface area contributed by atoms with Gasteiger partial charge in [-0.25, -0.2) is 4.57 Å². The minimum atomic E-state index is -4.29. The number of esters is 1. The molecule has 0 rings (SSSR count). The Bertz CT molecular complexity index is 915. The van der Waals surface area contributed by atoms with E-state index in [4.69, 9.17) is 24.3 Å². The van der Waals surface area contributed by atoms with E-state index in [0.29, 0.717) is 6.42 Å². The van der Waals surface area contributed by atoms with E-state index in [-0.39, 0.29) is 32.3 Å². The van der Waals surface area contributed by atoms with E-state index in [2.05, 4.69) is 26.0 Å². The molecular formula is C47H92NO7P. The number of unbranched alkanes of at least 4 members (excludes halogenated alkanes) is 31. The van der Waals surface area contributed by atoms with Gasteiger partial charge in [0.05, 0.1) is 19.5 Å². The molecule has 0 aliphatic rings. The summed E-state index contributed by atoms with van der Waals surface area (Å²) < 4.78 is 33.3. The summed E-state index contributed by atoms with van der Waals surface area (Å²) in [4.78, 5) is 22.5. The molecule has 332 valence electrons. The first-order chi connectivity index (χ1) is 27.4. The average molecular weight is 814 g/mol. The van der Waals surface area contributed by atoms with Gasteiger partial charge in [0.25, 0.3) is 0 Å². The largest absolute Gasteiger partial charge is 0.498 e. The van der Waals surface area contributed by atoms with Crippen molar-refractivity contribution in [3.05, 3.63) is 24.5 Å². The SMILES string of the molecule is CCCCCC/C=C\CCCCCCCC/C=C\OC[C@H](COP(=O)(O)OCCN)OC(=O)CCCCCCCCCCCCCCCCCCCCCCC. The highest BCUT2D eigenvalue weighted by molar-refractivity contribution is 7.47. The van der Waals surface area contributed by atoms with Crippen molar-refractivity contribution in [1.29, 1.82) is 0 Å². The molecule has 9 heteroatoms. The molecule has 0 saturated heterocycles. The molecule has 0 amide bonds. The van der Waals surface area contributed by atoms with Crippen LogP contribution in [-0.4, -0.2) is 43.3 Å². The number of allylic oxidation sites excluding steroid dienone is 3. The molecule has 0 heterocycles. The molecule has 0 aromatic carbocycles. The van der Waals surface area contributed by atoms with Crippen LogP contribution in [0.4, 0.5) is 0 Å². The van der Waals surface area contributed by atoms with Crippen molar-refractivity contribution in [2.75, 3.05) is 26.4 Å². The van der Waals surface area contributed by atoms with Gasteiger partial charge in [0, 0.05) is 13.0 Å². The molecule has 8 nitrogen and oxygen atoms in total. The summed E-state index contributed by atoms with van der Waals surface area (Å²) in [5, 5.41) is 0. The van der Waals surface area contributed by atoms with Crippen LogP contribution in [0.15, 0.2) is 24.5 Å². The number of hydrogen-bond acceptors (Lipinski definition) is 7. The minimum Gasteiger partial charge on any atom is -0.498 e. The Hall–Kier alpha value is -1.18. The van der Waals surface area contributed by atoms with E-state index in [9.17, 15) is 14.3 Å². The van der Waals surface area contributed by atoms with E-state index < -0.39 is 13.9 Å². The monoisotopic (exact) mass is 814 g/mol. The lowest BCUT2D eigenvalue weighted by Crippen LogP contribution is -2.27. The van der Waals surface area contributed by atoms with Crippen LogP contribution in [0.3, 0.4) is 0 Å². The maximum absolute atomic E-state index is 12.6. The van der Waals surface area contributed by atoms with Gasteiger partial charge in [-0.2, -0.15) is 0 Å². The molecule has 56 heavy (non-hydrogen) atoms. The van der Waals surface area contributed by atoms with Gasteiger partial charge in [0.1, 0.15) is 6.61 Å². The van der Waals surface area contributed by atoms with E-state index in [0.717, 1.165) is 32.1 Å². The highest BCUT2D eigenvalue weighted by atomic mass is 31.2. The summed E-state index contributed by atoms with van der Waals surface area (Å²) in [6.45, 7) is 4.26. The maximum atomic E-state index is 12.6. The summed E-state index contributed by atoms with van der Waals surface area (Å²) in [5.74, 6) is -0.349. The van der Waals surface area contributed by atoms with Crippen molar-refractivity contribution in [3.8, 4) is 0 Å². The lowest BCUT2D eigenvalue weighted by molar-refractivity contribution is -0.153. The summed E-state index contributed by atoms with van der Waals surface area (Å²) in [7, 11) is -4.29. The number of ether oxygens (including phenoxy) is 2. The predicted molar refractivity (Wildman–Crippen MR) is 238 cm³/mol. The van der Waals surface area contributed by atoms with Crippen LogP contribution in [0.2, 0.25) is 0 Å². The second kappa shape index (κ2) is 44.9. The van der Waals surface area contributed by atoms with Gasteiger partial charge in [0.15, 0.2) is 6.10 Å². The molecule has 0 fully saturated rings. The quantitative estimate of drug-likeness (QED) is 0.0205. The van der Waals surface area contributed by atoms with E-state index in [1.807, 2.05) is 6.08 Å². The highest BCUT2D eigenvalue weighted by Crippen LogP contribution is 2.43. The number of rotatable bonds is 46. The Kier molecular flexibility index (Phi) is 44.0. The van der Waals surface area contributed by atoms with Crippen LogP contribution in [0.1, 0.15) is 239 Å². The van der Waals surface area contributed by atoms with Gasteiger partial charge in [-0.1, -0.05) is 199 Å². The maximum Gasteiger partial charge on any atom is 0.472 e. The fourth-order valence-corrected chi connectivity index (χ4v) is 7.67. The number of nitrogens with two attached hydrogens (primary N) is 1. The van der Waals surface area contributed by atoms with Crippen LogP contribution in [0.25, 0.3) is 0 Å². The van der Waals surface area contributed by atoms with Crippen LogP contribution in [0, 0.1) is 0 Å². The van der Waals surface area contributed by atoms with Crippen LogP contribution < -0.4 is 5.73 Å². The van der Waals surface area contributed by atoms with Gasteiger partial charge in [-0.3, -0.25) is 13.8 Å².